The Hall–Kier alpha value is -1.44. The molecular formula is C11H12N2. The van der Waals surface area contributed by atoms with E-state index < -0.39 is 0 Å². The maximum Gasteiger partial charge on any atom is 0.0685 e. The number of benzene rings is 1. The van der Waals surface area contributed by atoms with Crippen molar-refractivity contribution in [3.05, 3.63) is 30.3 Å². The SMILES string of the molecule is CCN=C1CC1=Nc1ccccc1. The van der Waals surface area contributed by atoms with E-state index in [1.165, 1.54) is 5.71 Å². The van der Waals surface area contributed by atoms with Crippen LogP contribution in [-0.4, -0.2) is 18.0 Å². The van der Waals surface area contributed by atoms with Gasteiger partial charge in [0.1, 0.15) is 0 Å². The third-order valence-electron chi connectivity index (χ3n) is 1.91. The minimum Gasteiger partial charge on any atom is -0.288 e. The molecule has 1 saturated carbocycles. The molecule has 1 aliphatic carbocycles. The predicted molar refractivity (Wildman–Crippen MR) is 56.1 cm³/mol. The fraction of sp³-hybridized carbons (Fsp3) is 0.273. The molecule has 1 aromatic rings. The Bertz CT molecular complexity index is 350. The summed E-state index contributed by atoms with van der Waals surface area (Å²) in [4.78, 5) is 8.76. The van der Waals surface area contributed by atoms with Gasteiger partial charge in [-0.25, -0.2) is 0 Å². The summed E-state index contributed by atoms with van der Waals surface area (Å²) >= 11 is 0. The van der Waals surface area contributed by atoms with Crippen LogP contribution in [-0.2, 0) is 0 Å². The number of rotatable bonds is 2. The summed E-state index contributed by atoms with van der Waals surface area (Å²) < 4.78 is 0. The van der Waals surface area contributed by atoms with Gasteiger partial charge in [-0.05, 0) is 19.1 Å². The molecule has 0 bridgehead atoms. The highest BCUT2D eigenvalue weighted by Gasteiger charge is 2.24. The number of hydrogen-bond acceptors (Lipinski definition) is 2. The molecule has 0 heterocycles. The molecule has 1 fully saturated rings. The van der Waals surface area contributed by atoms with E-state index >= 15 is 0 Å². The summed E-state index contributed by atoms with van der Waals surface area (Å²) in [6, 6.07) is 10.0. The van der Waals surface area contributed by atoms with Crippen LogP contribution in [0.25, 0.3) is 0 Å². The molecule has 66 valence electrons. The van der Waals surface area contributed by atoms with Gasteiger partial charge in [0.25, 0.3) is 0 Å². The summed E-state index contributed by atoms with van der Waals surface area (Å²) in [7, 11) is 0. The zero-order valence-corrected chi connectivity index (χ0v) is 7.70. The topological polar surface area (TPSA) is 24.7 Å². The highest BCUT2D eigenvalue weighted by Crippen LogP contribution is 2.19. The average Bonchev–Trinajstić information content (AvgIpc) is 2.86. The van der Waals surface area contributed by atoms with Gasteiger partial charge >= 0.3 is 0 Å². The van der Waals surface area contributed by atoms with Crippen molar-refractivity contribution in [2.24, 2.45) is 9.98 Å². The lowest BCUT2D eigenvalue weighted by Crippen LogP contribution is -1.76. The van der Waals surface area contributed by atoms with E-state index in [1.54, 1.807) is 0 Å². The number of hydrogen-bond donors (Lipinski definition) is 0. The Labute approximate surface area is 78.0 Å². The molecular weight excluding hydrogens is 160 g/mol. The Morgan fingerprint density at radius 2 is 1.92 bits per heavy atom. The van der Waals surface area contributed by atoms with Crippen LogP contribution in [0.2, 0.25) is 0 Å². The smallest absolute Gasteiger partial charge is 0.0685 e. The molecule has 13 heavy (non-hydrogen) atoms. The van der Waals surface area contributed by atoms with Crippen LogP contribution in [0.1, 0.15) is 13.3 Å². The number of aliphatic imine (C=N–C) groups is 2. The fourth-order valence-corrected chi connectivity index (χ4v) is 1.21. The summed E-state index contributed by atoms with van der Waals surface area (Å²) in [5, 5.41) is 0. The molecule has 0 atom stereocenters. The second-order valence-corrected chi connectivity index (χ2v) is 2.99. The van der Waals surface area contributed by atoms with E-state index in [2.05, 4.69) is 9.98 Å². The average molecular weight is 172 g/mol. The molecule has 0 saturated heterocycles. The van der Waals surface area contributed by atoms with Crippen molar-refractivity contribution in [1.29, 1.82) is 0 Å². The Kier molecular flexibility index (Phi) is 2.21. The van der Waals surface area contributed by atoms with Gasteiger partial charge in [-0.15, -0.1) is 0 Å². The minimum atomic E-state index is 0.864. The highest BCUT2D eigenvalue weighted by molar-refractivity contribution is 6.62. The first-order chi connectivity index (χ1) is 6.40. The molecule has 0 radical (unpaired) electrons. The second-order valence-electron chi connectivity index (χ2n) is 2.99. The Morgan fingerprint density at radius 1 is 1.15 bits per heavy atom. The molecule has 2 heteroatoms. The molecule has 0 unspecified atom stereocenters. The number of para-hydroxylation sites is 1. The van der Waals surface area contributed by atoms with E-state index in [0.29, 0.717) is 0 Å². The first kappa shape index (κ1) is 8.17. The van der Waals surface area contributed by atoms with Crippen molar-refractivity contribution >= 4 is 17.1 Å². The third-order valence-corrected chi connectivity index (χ3v) is 1.91. The van der Waals surface area contributed by atoms with Crippen molar-refractivity contribution < 1.29 is 0 Å². The van der Waals surface area contributed by atoms with Gasteiger partial charge in [-0.3, -0.25) is 9.98 Å². The summed E-state index contributed by atoms with van der Waals surface area (Å²) in [5.41, 5.74) is 3.35. The molecule has 1 aliphatic rings. The van der Waals surface area contributed by atoms with Crippen molar-refractivity contribution in [3.8, 4) is 0 Å². The molecule has 2 rings (SSSR count). The summed E-state index contributed by atoms with van der Waals surface area (Å²) in [6.07, 6.45) is 0.975. The zero-order chi connectivity index (χ0) is 9.10. The van der Waals surface area contributed by atoms with E-state index in [4.69, 9.17) is 0 Å². The summed E-state index contributed by atoms with van der Waals surface area (Å²) in [5.74, 6) is 0. The van der Waals surface area contributed by atoms with Crippen molar-refractivity contribution in [2.75, 3.05) is 6.54 Å². The third kappa shape index (κ3) is 2.02. The molecule has 0 spiro atoms. The lowest BCUT2D eigenvalue weighted by Gasteiger charge is -1.87. The van der Waals surface area contributed by atoms with E-state index in [9.17, 15) is 0 Å². The lowest BCUT2D eigenvalue weighted by atomic mass is 10.3. The zero-order valence-electron chi connectivity index (χ0n) is 7.70. The maximum absolute atomic E-state index is 4.46. The normalized spacial score (nSPS) is 21.0. The first-order valence-electron chi connectivity index (χ1n) is 4.56. The van der Waals surface area contributed by atoms with Gasteiger partial charge in [-0.1, -0.05) is 18.2 Å². The molecule has 0 N–H and O–H groups in total. The summed E-state index contributed by atoms with van der Waals surface area (Å²) in [6.45, 7) is 2.91. The largest absolute Gasteiger partial charge is 0.288 e. The lowest BCUT2D eigenvalue weighted by molar-refractivity contribution is 1.14. The molecule has 0 amide bonds. The highest BCUT2D eigenvalue weighted by atomic mass is 14.9. The van der Waals surface area contributed by atoms with Crippen LogP contribution in [0.4, 0.5) is 5.69 Å². The van der Waals surface area contributed by atoms with Crippen LogP contribution >= 0.6 is 0 Å². The number of nitrogens with zero attached hydrogens (tertiary/aromatic N) is 2. The van der Waals surface area contributed by atoms with Gasteiger partial charge in [-0.2, -0.15) is 0 Å². The minimum absolute atomic E-state index is 0.864. The van der Waals surface area contributed by atoms with Crippen LogP contribution < -0.4 is 0 Å². The van der Waals surface area contributed by atoms with Gasteiger partial charge in [0, 0.05) is 13.0 Å². The van der Waals surface area contributed by atoms with E-state index in [1.807, 2.05) is 37.3 Å². The maximum atomic E-state index is 4.46. The van der Waals surface area contributed by atoms with Crippen LogP contribution in [0, 0.1) is 0 Å². The predicted octanol–water partition coefficient (Wildman–Crippen LogP) is 2.62. The van der Waals surface area contributed by atoms with Gasteiger partial charge in [0.2, 0.25) is 0 Å². The van der Waals surface area contributed by atoms with Crippen LogP contribution in [0.3, 0.4) is 0 Å². The standard InChI is InChI=1S/C11H12N2/c1-2-12-10-8-11(10)13-9-6-4-3-5-7-9/h3-7H,2,8H2,1H3. The monoisotopic (exact) mass is 172 g/mol. The van der Waals surface area contributed by atoms with Gasteiger partial charge < -0.3 is 0 Å². The van der Waals surface area contributed by atoms with Crippen LogP contribution in [0.15, 0.2) is 40.3 Å². The molecule has 2 nitrogen and oxygen atoms in total. The molecule has 0 aliphatic heterocycles. The van der Waals surface area contributed by atoms with Gasteiger partial charge in [0.15, 0.2) is 0 Å². The second kappa shape index (κ2) is 3.52. The van der Waals surface area contributed by atoms with Crippen molar-refractivity contribution in [1.82, 2.24) is 0 Å². The fourth-order valence-electron chi connectivity index (χ4n) is 1.21. The quantitative estimate of drug-likeness (QED) is 0.655. The molecule has 1 aromatic carbocycles. The van der Waals surface area contributed by atoms with E-state index in [0.717, 1.165) is 24.4 Å². The molecule has 0 aromatic heterocycles. The Balaban J connectivity index is 2.12. The van der Waals surface area contributed by atoms with Crippen LogP contribution in [0.5, 0.6) is 0 Å². The first-order valence-corrected chi connectivity index (χ1v) is 4.56. The van der Waals surface area contributed by atoms with Crippen molar-refractivity contribution in [3.63, 3.8) is 0 Å². The Morgan fingerprint density at radius 3 is 2.62 bits per heavy atom. The van der Waals surface area contributed by atoms with E-state index in [-0.39, 0.29) is 0 Å². The van der Waals surface area contributed by atoms with Gasteiger partial charge in [0.05, 0.1) is 17.1 Å². The van der Waals surface area contributed by atoms with Crippen molar-refractivity contribution in [2.45, 2.75) is 13.3 Å².